The van der Waals surface area contributed by atoms with Crippen LogP contribution in [0.3, 0.4) is 0 Å². The third kappa shape index (κ3) is 4.80. The lowest BCUT2D eigenvalue weighted by Gasteiger charge is -2.31. The molecular formula is C15H23BrN2O2. The lowest BCUT2D eigenvalue weighted by atomic mass is 9.93. The molecule has 4 nitrogen and oxygen atoms in total. The van der Waals surface area contributed by atoms with Crippen LogP contribution in [-0.2, 0) is 4.79 Å². The Labute approximate surface area is 129 Å². The Morgan fingerprint density at radius 3 is 2.55 bits per heavy atom. The fraction of sp³-hybridized carbons (Fsp3) is 0.533. The van der Waals surface area contributed by atoms with Gasteiger partial charge in [0.25, 0.3) is 0 Å². The van der Waals surface area contributed by atoms with E-state index in [4.69, 9.17) is 10.5 Å². The molecule has 0 aromatic heterocycles. The normalized spacial score (nSPS) is 11.2. The number of carbonyl (C=O) groups excluding carboxylic acids is 1. The number of amides is 1. The molecule has 0 saturated carbocycles. The second-order valence-electron chi connectivity index (χ2n) is 4.77. The smallest absolute Gasteiger partial charge is 0.223 e. The molecule has 0 spiro atoms. The number of rotatable bonds is 8. The highest BCUT2D eigenvalue weighted by Gasteiger charge is 2.25. The van der Waals surface area contributed by atoms with E-state index >= 15 is 0 Å². The maximum Gasteiger partial charge on any atom is 0.223 e. The Balaban J connectivity index is 2.42. The molecule has 0 aliphatic heterocycles. The maximum atomic E-state index is 12.0. The minimum Gasteiger partial charge on any atom is -0.492 e. The minimum absolute atomic E-state index is 0.0220. The van der Waals surface area contributed by atoms with Gasteiger partial charge in [-0.05, 0) is 40.9 Å². The van der Waals surface area contributed by atoms with Crippen molar-refractivity contribution < 1.29 is 9.53 Å². The molecule has 0 radical (unpaired) electrons. The molecule has 1 rings (SSSR count). The molecule has 0 bridgehead atoms. The Kier molecular flexibility index (Phi) is 7.02. The predicted molar refractivity (Wildman–Crippen MR) is 84.8 cm³/mol. The summed E-state index contributed by atoms with van der Waals surface area (Å²) >= 11 is 3.40. The summed E-state index contributed by atoms with van der Waals surface area (Å²) in [5, 5.41) is 3.02. The number of ether oxygens (including phenoxy) is 1. The van der Waals surface area contributed by atoms with Crippen LogP contribution in [-0.4, -0.2) is 24.6 Å². The largest absolute Gasteiger partial charge is 0.492 e. The molecule has 5 heteroatoms. The number of benzene rings is 1. The van der Waals surface area contributed by atoms with E-state index < -0.39 is 0 Å². The highest BCUT2D eigenvalue weighted by Crippen LogP contribution is 2.23. The van der Waals surface area contributed by atoms with Gasteiger partial charge in [-0.25, -0.2) is 0 Å². The number of nitrogens with one attached hydrogen (secondary N) is 1. The van der Waals surface area contributed by atoms with Gasteiger partial charge in [0.1, 0.15) is 5.75 Å². The number of nitrogens with two attached hydrogens (primary N) is 1. The van der Waals surface area contributed by atoms with E-state index in [9.17, 15) is 4.79 Å². The SMILES string of the molecule is CCC(CC)(CN)NC(=O)CCOc1ccccc1Br. The highest BCUT2D eigenvalue weighted by molar-refractivity contribution is 9.10. The molecule has 20 heavy (non-hydrogen) atoms. The first-order chi connectivity index (χ1) is 9.56. The van der Waals surface area contributed by atoms with Gasteiger partial charge in [0, 0.05) is 6.54 Å². The summed E-state index contributed by atoms with van der Waals surface area (Å²) < 4.78 is 6.47. The summed E-state index contributed by atoms with van der Waals surface area (Å²) in [6, 6.07) is 7.59. The van der Waals surface area contributed by atoms with Crippen molar-refractivity contribution in [3.63, 3.8) is 0 Å². The number of hydrogen-bond donors (Lipinski definition) is 2. The maximum absolute atomic E-state index is 12.0. The van der Waals surface area contributed by atoms with Gasteiger partial charge in [-0.15, -0.1) is 0 Å². The molecule has 0 saturated heterocycles. The zero-order valence-corrected chi connectivity index (χ0v) is 13.7. The number of carbonyl (C=O) groups is 1. The standard InChI is InChI=1S/C15H23BrN2O2/c1-3-15(4-2,11-17)18-14(19)9-10-20-13-8-6-5-7-12(13)16/h5-8H,3-4,9-11,17H2,1-2H3,(H,18,19). The molecule has 0 aliphatic rings. The summed E-state index contributed by atoms with van der Waals surface area (Å²) in [5.41, 5.74) is 5.48. The van der Waals surface area contributed by atoms with E-state index in [-0.39, 0.29) is 11.4 Å². The van der Waals surface area contributed by atoms with Crippen LogP contribution in [0.25, 0.3) is 0 Å². The number of hydrogen-bond acceptors (Lipinski definition) is 3. The molecule has 0 unspecified atom stereocenters. The molecule has 1 aromatic rings. The van der Waals surface area contributed by atoms with Crippen LogP contribution in [0.4, 0.5) is 0 Å². The van der Waals surface area contributed by atoms with Crippen molar-refractivity contribution in [2.75, 3.05) is 13.2 Å². The van der Waals surface area contributed by atoms with Crippen molar-refractivity contribution in [1.29, 1.82) is 0 Å². The van der Waals surface area contributed by atoms with Gasteiger partial charge < -0.3 is 15.8 Å². The Hall–Kier alpha value is -1.07. The first-order valence-electron chi connectivity index (χ1n) is 6.95. The van der Waals surface area contributed by atoms with Gasteiger partial charge in [-0.1, -0.05) is 26.0 Å². The number of halogens is 1. The summed E-state index contributed by atoms with van der Waals surface area (Å²) in [7, 11) is 0. The Morgan fingerprint density at radius 2 is 2.00 bits per heavy atom. The van der Waals surface area contributed by atoms with E-state index in [0.717, 1.165) is 23.1 Å². The van der Waals surface area contributed by atoms with Crippen molar-refractivity contribution in [3.8, 4) is 5.75 Å². The predicted octanol–water partition coefficient (Wildman–Crippen LogP) is 2.85. The van der Waals surface area contributed by atoms with Crippen LogP contribution in [0.1, 0.15) is 33.1 Å². The number of para-hydroxylation sites is 1. The summed E-state index contributed by atoms with van der Waals surface area (Å²) in [4.78, 5) is 12.0. The molecule has 3 N–H and O–H groups in total. The minimum atomic E-state index is -0.287. The summed E-state index contributed by atoms with van der Waals surface area (Å²) in [5.74, 6) is 0.725. The van der Waals surface area contributed by atoms with Gasteiger partial charge in [0.05, 0.1) is 23.0 Å². The zero-order valence-electron chi connectivity index (χ0n) is 12.1. The van der Waals surface area contributed by atoms with Crippen molar-refractivity contribution in [2.45, 2.75) is 38.6 Å². The average Bonchev–Trinajstić information content (AvgIpc) is 2.47. The topological polar surface area (TPSA) is 64.3 Å². The quantitative estimate of drug-likeness (QED) is 0.763. The monoisotopic (exact) mass is 342 g/mol. The summed E-state index contributed by atoms with van der Waals surface area (Å²) in [6.07, 6.45) is 1.98. The fourth-order valence-corrected chi connectivity index (χ4v) is 2.34. The second-order valence-corrected chi connectivity index (χ2v) is 5.62. The third-order valence-corrected chi connectivity index (χ3v) is 4.23. The van der Waals surface area contributed by atoms with Gasteiger partial charge in [0.2, 0.25) is 5.91 Å². The van der Waals surface area contributed by atoms with Crippen molar-refractivity contribution >= 4 is 21.8 Å². The lowest BCUT2D eigenvalue weighted by Crippen LogP contribution is -2.53. The molecule has 0 atom stereocenters. The third-order valence-electron chi connectivity index (χ3n) is 3.57. The molecular weight excluding hydrogens is 320 g/mol. The fourth-order valence-electron chi connectivity index (χ4n) is 1.94. The van der Waals surface area contributed by atoms with Gasteiger partial charge in [-0.3, -0.25) is 4.79 Å². The molecule has 1 amide bonds. The van der Waals surface area contributed by atoms with Crippen LogP contribution in [0.5, 0.6) is 5.75 Å². The Morgan fingerprint density at radius 1 is 1.35 bits per heavy atom. The van der Waals surface area contributed by atoms with Crippen molar-refractivity contribution in [2.24, 2.45) is 5.73 Å². The average molecular weight is 343 g/mol. The van der Waals surface area contributed by atoms with E-state index in [1.807, 2.05) is 38.1 Å². The van der Waals surface area contributed by atoms with Crippen LogP contribution >= 0.6 is 15.9 Å². The van der Waals surface area contributed by atoms with E-state index in [2.05, 4.69) is 21.2 Å². The van der Waals surface area contributed by atoms with Crippen LogP contribution in [0, 0.1) is 0 Å². The molecule has 0 heterocycles. The first kappa shape index (κ1) is 17.0. The van der Waals surface area contributed by atoms with Crippen LogP contribution < -0.4 is 15.8 Å². The molecule has 112 valence electrons. The highest BCUT2D eigenvalue weighted by atomic mass is 79.9. The van der Waals surface area contributed by atoms with Crippen molar-refractivity contribution in [1.82, 2.24) is 5.32 Å². The van der Waals surface area contributed by atoms with E-state index in [1.54, 1.807) is 0 Å². The Bertz CT molecular complexity index is 425. The zero-order chi connectivity index (χ0) is 15.0. The molecule has 0 aliphatic carbocycles. The second kappa shape index (κ2) is 8.27. The van der Waals surface area contributed by atoms with Gasteiger partial charge in [-0.2, -0.15) is 0 Å². The molecule has 1 aromatic carbocycles. The van der Waals surface area contributed by atoms with Crippen LogP contribution in [0.15, 0.2) is 28.7 Å². The van der Waals surface area contributed by atoms with E-state index in [0.29, 0.717) is 19.6 Å². The lowest BCUT2D eigenvalue weighted by molar-refractivity contribution is -0.123. The van der Waals surface area contributed by atoms with Crippen molar-refractivity contribution in [3.05, 3.63) is 28.7 Å². The summed E-state index contributed by atoms with van der Waals surface area (Å²) in [6.45, 7) is 4.88. The van der Waals surface area contributed by atoms with Crippen LogP contribution in [0.2, 0.25) is 0 Å². The van der Waals surface area contributed by atoms with Gasteiger partial charge in [0.15, 0.2) is 0 Å². The van der Waals surface area contributed by atoms with E-state index in [1.165, 1.54) is 0 Å². The van der Waals surface area contributed by atoms with Gasteiger partial charge >= 0.3 is 0 Å². The molecule has 0 fully saturated rings. The first-order valence-corrected chi connectivity index (χ1v) is 7.74.